The molecule has 0 aliphatic heterocycles. The van der Waals surface area contributed by atoms with Gasteiger partial charge in [-0.05, 0) is 6.07 Å². The summed E-state index contributed by atoms with van der Waals surface area (Å²) in [5, 5.41) is 14.2. The van der Waals surface area contributed by atoms with Crippen molar-refractivity contribution >= 4 is 11.9 Å². The first-order valence-electron chi connectivity index (χ1n) is 6.35. The number of anilines is 2. The van der Waals surface area contributed by atoms with Crippen LogP contribution in [0.25, 0.3) is 5.95 Å². The summed E-state index contributed by atoms with van der Waals surface area (Å²) in [7, 11) is 1.74. The van der Waals surface area contributed by atoms with Crippen LogP contribution >= 0.6 is 0 Å². The van der Waals surface area contributed by atoms with Gasteiger partial charge in [0.15, 0.2) is 0 Å². The topological polar surface area (TPSA) is 111 Å². The average Bonchev–Trinajstić information content (AvgIpc) is 3.20. The van der Waals surface area contributed by atoms with Gasteiger partial charge in [-0.2, -0.15) is 29.8 Å². The van der Waals surface area contributed by atoms with Gasteiger partial charge in [0.25, 0.3) is 5.95 Å². The fraction of sp³-hybridized carbons (Fsp3) is 0.273. The Hall–Kier alpha value is -3.04. The minimum absolute atomic E-state index is 0.397. The third-order valence-electron chi connectivity index (χ3n) is 2.65. The molecule has 0 bridgehead atoms. The van der Waals surface area contributed by atoms with Crippen molar-refractivity contribution in [1.29, 1.82) is 0 Å². The number of rotatable bonds is 6. The van der Waals surface area contributed by atoms with Gasteiger partial charge in [-0.15, -0.1) is 0 Å². The van der Waals surface area contributed by atoms with E-state index in [4.69, 9.17) is 0 Å². The van der Waals surface area contributed by atoms with E-state index in [1.165, 1.54) is 17.3 Å². The largest absolute Gasteiger partial charge is 0.357 e. The highest BCUT2D eigenvalue weighted by molar-refractivity contribution is 5.37. The van der Waals surface area contributed by atoms with E-state index in [0.717, 1.165) is 0 Å². The zero-order chi connectivity index (χ0) is 14.5. The molecule has 0 fully saturated rings. The summed E-state index contributed by atoms with van der Waals surface area (Å²) >= 11 is 0. The van der Waals surface area contributed by atoms with Crippen LogP contribution in [-0.2, 0) is 6.54 Å². The van der Waals surface area contributed by atoms with Crippen LogP contribution in [0, 0.1) is 0 Å². The van der Waals surface area contributed by atoms with E-state index in [1.54, 1.807) is 13.2 Å². The van der Waals surface area contributed by atoms with Crippen LogP contribution in [0.2, 0.25) is 0 Å². The summed E-state index contributed by atoms with van der Waals surface area (Å²) < 4.78 is 3.30. The molecule has 10 heteroatoms. The second-order valence-electron chi connectivity index (χ2n) is 4.07. The maximum atomic E-state index is 4.30. The van der Waals surface area contributed by atoms with Gasteiger partial charge in [-0.1, -0.05) is 0 Å². The Bertz CT molecular complexity index is 675. The zero-order valence-corrected chi connectivity index (χ0v) is 11.4. The standard InChI is InChI=1S/C11H14N10/c1-12-9-17-10(14-4-6-20-5-2-3-15-20)19-11(18-9)21-8-13-7-16-21/h2-3,5,7-8H,4,6H2,1H3,(H2,12,14,17,18,19). The Morgan fingerprint density at radius 1 is 1.14 bits per heavy atom. The molecule has 108 valence electrons. The smallest absolute Gasteiger partial charge is 0.258 e. The van der Waals surface area contributed by atoms with Crippen LogP contribution in [0.15, 0.2) is 31.1 Å². The van der Waals surface area contributed by atoms with E-state index in [-0.39, 0.29) is 0 Å². The first-order chi connectivity index (χ1) is 10.3. The predicted octanol–water partition coefficient (Wildman–Crippen LogP) is -0.197. The number of hydrogen-bond acceptors (Lipinski definition) is 8. The van der Waals surface area contributed by atoms with Crippen LogP contribution in [0.1, 0.15) is 0 Å². The van der Waals surface area contributed by atoms with Crippen molar-refractivity contribution in [3.05, 3.63) is 31.1 Å². The first kappa shape index (κ1) is 13.0. The molecule has 0 spiro atoms. The van der Waals surface area contributed by atoms with E-state index >= 15 is 0 Å². The van der Waals surface area contributed by atoms with E-state index in [9.17, 15) is 0 Å². The summed E-state index contributed by atoms with van der Waals surface area (Å²) in [6.07, 6.45) is 6.59. The zero-order valence-electron chi connectivity index (χ0n) is 11.4. The lowest BCUT2D eigenvalue weighted by molar-refractivity contribution is 0.635. The average molecular weight is 286 g/mol. The lowest BCUT2D eigenvalue weighted by atomic mass is 10.6. The third kappa shape index (κ3) is 3.11. The van der Waals surface area contributed by atoms with Crippen molar-refractivity contribution in [3.8, 4) is 5.95 Å². The Balaban J connectivity index is 1.73. The van der Waals surface area contributed by atoms with Gasteiger partial charge in [0.05, 0.1) is 6.54 Å². The van der Waals surface area contributed by atoms with Crippen LogP contribution in [0.4, 0.5) is 11.9 Å². The van der Waals surface area contributed by atoms with E-state index in [0.29, 0.717) is 30.9 Å². The lowest BCUT2D eigenvalue weighted by Gasteiger charge is -2.08. The molecule has 0 radical (unpaired) electrons. The van der Waals surface area contributed by atoms with E-state index < -0.39 is 0 Å². The monoisotopic (exact) mass is 286 g/mol. The Morgan fingerprint density at radius 3 is 2.76 bits per heavy atom. The van der Waals surface area contributed by atoms with E-state index in [1.807, 2.05) is 16.9 Å². The molecule has 21 heavy (non-hydrogen) atoms. The maximum Gasteiger partial charge on any atom is 0.258 e. The van der Waals surface area contributed by atoms with Crippen molar-refractivity contribution in [1.82, 2.24) is 39.5 Å². The van der Waals surface area contributed by atoms with Crippen LogP contribution in [-0.4, -0.2) is 53.1 Å². The quantitative estimate of drug-likeness (QED) is 0.641. The second kappa shape index (κ2) is 5.94. The summed E-state index contributed by atoms with van der Waals surface area (Å²) in [6.45, 7) is 1.36. The normalized spacial score (nSPS) is 10.5. The highest BCUT2D eigenvalue weighted by atomic mass is 15.4. The molecule has 0 saturated heterocycles. The molecular weight excluding hydrogens is 272 g/mol. The van der Waals surface area contributed by atoms with Crippen molar-refractivity contribution in [2.75, 3.05) is 24.2 Å². The molecule has 0 saturated carbocycles. The molecule has 0 amide bonds. The maximum absolute atomic E-state index is 4.30. The second-order valence-corrected chi connectivity index (χ2v) is 4.07. The Kier molecular flexibility index (Phi) is 3.67. The minimum Gasteiger partial charge on any atom is -0.357 e. The number of aromatic nitrogens is 8. The molecule has 3 rings (SSSR count). The van der Waals surface area contributed by atoms with Gasteiger partial charge in [0.2, 0.25) is 11.9 Å². The molecule has 3 heterocycles. The molecule has 0 atom stereocenters. The van der Waals surface area contributed by atoms with Crippen LogP contribution in [0.5, 0.6) is 0 Å². The van der Waals surface area contributed by atoms with Crippen LogP contribution < -0.4 is 10.6 Å². The highest BCUT2D eigenvalue weighted by Crippen LogP contribution is 2.07. The molecule has 3 aromatic heterocycles. The minimum atomic E-state index is 0.397. The van der Waals surface area contributed by atoms with Gasteiger partial charge in [0, 0.05) is 26.0 Å². The van der Waals surface area contributed by atoms with Gasteiger partial charge in [0.1, 0.15) is 12.7 Å². The summed E-state index contributed by atoms with van der Waals surface area (Å²) in [6, 6.07) is 1.88. The number of nitrogens with zero attached hydrogens (tertiary/aromatic N) is 8. The lowest BCUT2D eigenvalue weighted by Crippen LogP contribution is -2.15. The Labute approximate surface area is 120 Å². The van der Waals surface area contributed by atoms with Crippen molar-refractivity contribution in [3.63, 3.8) is 0 Å². The Morgan fingerprint density at radius 2 is 2.05 bits per heavy atom. The van der Waals surface area contributed by atoms with Crippen molar-refractivity contribution < 1.29 is 0 Å². The third-order valence-corrected chi connectivity index (χ3v) is 2.65. The van der Waals surface area contributed by atoms with Gasteiger partial charge in [-0.25, -0.2) is 4.98 Å². The van der Waals surface area contributed by atoms with Gasteiger partial charge >= 0.3 is 0 Å². The molecule has 10 nitrogen and oxygen atoms in total. The number of nitrogens with one attached hydrogen (secondary N) is 2. The fourth-order valence-corrected chi connectivity index (χ4v) is 1.68. The highest BCUT2D eigenvalue weighted by Gasteiger charge is 2.07. The van der Waals surface area contributed by atoms with Crippen molar-refractivity contribution in [2.24, 2.45) is 0 Å². The molecule has 3 aromatic rings. The van der Waals surface area contributed by atoms with Crippen molar-refractivity contribution in [2.45, 2.75) is 6.54 Å². The molecule has 2 N–H and O–H groups in total. The summed E-state index contributed by atoms with van der Waals surface area (Å²) in [5.41, 5.74) is 0. The van der Waals surface area contributed by atoms with E-state index in [2.05, 4.69) is 40.8 Å². The van der Waals surface area contributed by atoms with Gasteiger partial charge < -0.3 is 10.6 Å². The molecular formula is C11H14N10. The molecule has 0 aliphatic rings. The first-order valence-corrected chi connectivity index (χ1v) is 6.35. The molecule has 0 aromatic carbocycles. The van der Waals surface area contributed by atoms with Crippen LogP contribution in [0.3, 0.4) is 0 Å². The van der Waals surface area contributed by atoms with Gasteiger partial charge in [-0.3, -0.25) is 4.68 Å². The number of hydrogen-bond donors (Lipinski definition) is 2. The predicted molar refractivity (Wildman–Crippen MR) is 75.0 cm³/mol. The fourth-order valence-electron chi connectivity index (χ4n) is 1.68. The molecule has 0 unspecified atom stereocenters. The summed E-state index contributed by atoms with van der Waals surface area (Å²) in [4.78, 5) is 16.6. The molecule has 0 aliphatic carbocycles. The SMILES string of the molecule is CNc1nc(NCCn2cccn2)nc(-n2cncn2)n1. The summed E-state index contributed by atoms with van der Waals surface area (Å²) in [5.74, 6) is 1.32.